The molecule has 8 heteroatoms. The van der Waals surface area contributed by atoms with Gasteiger partial charge in [-0.2, -0.15) is 0 Å². The van der Waals surface area contributed by atoms with Crippen LogP contribution >= 0.6 is 0 Å². The van der Waals surface area contributed by atoms with Crippen LogP contribution in [-0.4, -0.2) is 34.4 Å². The Morgan fingerprint density at radius 2 is 1.03 bits per heavy atom. The van der Waals surface area contributed by atoms with Gasteiger partial charge in [0.2, 0.25) is 6.29 Å². The van der Waals surface area contributed by atoms with E-state index < -0.39 is 34.4 Å². The second-order valence-corrected chi connectivity index (χ2v) is 20.0. The Bertz CT molecular complexity index is 823. The minimum Gasteiger partial charge on any atom is -0.290 e. The van der Waals surface area contributed by atoms with Gasteiger partial charge in [-0.05, 0) is 24.3 Å². The van der Waals surface area contributed by atoms with E-state index in [0.29, 0.717) is 24.0 Å². The van der Waals surface area contributed by atoms with Crippen LogP contribution in [0.5, 0.6) is 0 Å². The van der Waals surface area contributed by atoms with E-state index in [1.807, 2.05) is 31.2 Å². The fourth-order valence-electron chi connectivity index (χ4n) is 2.85. The molecule has 0 aliphatic carbocycles. The van der Waals surface area contributed by atoms with Gasteiger partial charge >= 0.3 is 11.9 Å². The van der Waals surface area contributed by atoms with Crippen molar-refractivity contribution < 1.29 is 29.1 Å². The van der Waals surface area contributed by atoms with Crippen molar-refractivity contribution in [2.24, 2.45) is 0 Å². The first-order valence-corrected chi connectivity index (χ1v) is 17.9. The first-order chi connectivity index (χ1) is 14.9. The number of hydrogen-bond acceptors (Lipinski definition) is 6. The monoisotopic (exact) mass is 474 g/mol. The smallest absolute Gasteiger partial charge is 0.290 e. The molecule has 0 heterocycles. The molecule has 0 atom stereocenters. The zero-order chi connectivity index (χ0) is 23.9. The van der Waals surface area contributed by atoms with E-state index in [0.717, 1.165) is 0 Å². The SMILES string of the molecule is CCCC(OOC(=O)c1ccc([Si](C)(C)C)cc1)OOC(=O)c1ccc([Si](C)(C)C)cc1. The third-order valence-electron chi connectivity index (χ3n) is 4.96. The van der Waals surface area contributed by atoms with Gasteiger partial charge in [-0.1, -0.05) is 87.3 Å². The Morgan fingerprint density at radius 3 is 1.31 bits per heavy atom. The Kier molecular flexibility index (Phi) is 8.97. The molecule has 0 N–H and O–H groups in total. The van der Waals surface area contributed by atoms with Crippen LogP contribution < -0.4 is 10.4 Å². The lowest BCUT2D eigenvalue weighted by Gasteiger charge is -2.17. The van der Waals surface area contributed by atoms with Gasteiger partial charge in [-0.15, -0.1) is 9.78 Å². The molecule has 0 spiro atoms. The summed E-state index contributed by atoms with van der Waals surface area (Å²) in [6.07, 6.45) is 0.0367. The van der Waals surface area contributed by atoms with Gasteiger partial charge in [-0.25, -0.2) is 9.59 Å². The molecule has 0 saturated carbocycles. The highest BCUT2D eigenvalue weighted by atomic mass is 28.3. The molecule has 0 bridgehead atoms. The molecule has 32 heavy (non-hydrogen) atoms. The Labute approximate surface area is 192 Å². The predicted octanol–water partition coefficient (Wildman–Crippen LogP) is 4.78. The minimum absolute atomic E-state index is 0.377. The van der Waals surface area contributed by atoms with E-state index >= 15 is 0 Å². The summed E-state index contributed by atoms with van der Waals surface area (Å²) in [6, 6.07) is 14.7. The van der Waals surface area contributed by atoms with E-state index in [4.69, 9.17) is 19.6 Å². The van der Waals surface area contributed by atoms with Crippen LogP contribution in [0.1, 0.15) is 40.5 Å². The van der Waals surface area contributed by atoms with Crippen LogP contribution in [0.15, 0.2) is 48.5 Å². The summed E-state index contributed by atoms with van der Waals surface area (Å²) in [5.41, 5.74) is 0.753. The van der Waals surface area contributed by atoms with Gasteiger partial charge < -0.3 is 0 Å². The molecular weight excluding hydrogens is 440 g/mol. The molecule has 0 saturated heterocycles. The van der Waals surface area contributed by atoms with E-state index in [9.17, 15) is 9.59 Å². The molecule has 0 unspecified atom stereocenters. The maximum absolute atomic E-state index is 12.3. The van der Waals surface area contributed by atoms with Gasteiger partial charge in [0.05, 0.1) is 27.3 Å². The van der Waals surface area contributed by atoms with Crippen molar-refractivity contribution in [2.45, 2.75) is 65.3 Å². The standard InChI is InChI=1S/C24H34O6Si2/c1-8-9-22(27-29-23(25)18-10-14-20(15-11-18)31(2,3)4)28-30-24(26)19-12-16-21(17-13-19)32(5,6)7/h10-17,22H,8-9H2,1-7H3. The maximum Gasteiger partial charge on any atom is 0.373 e. The Hall–Kier alpha value is -2.27. The molecule has 2 rings (SSSR count). The number of carbonyl (C=O) groups excluding carboxylic acids is 2. The summed E-state index contributed by atoms with van der Waals surface area (Å²) < 4.78 is 0. The van der Waals surface area contributed by atoms with Gasteiger partial charge in [0, 0.05) is 6.42 Å². The maximum atomic E-state index is 12.3. The molecule has 0 aromatic heterocycles. The lowest BCUT2D eigenvalue weighted by atomic mass is 10.2. The molecule has 174 valence electrons. The lowest BCUT2D eigenvalue weighted by molar-refractivity contribution is -0.421. The fraction of sp³-hybridized carbons (Fsp3) is 0.417. The highest BCUT2D eigenvalue weighted by Crippen LogP contribution is 2.12. The molecule has 0 aliphatic heterocycles. The second kappa shape index (κ2) is 11.0. The molecule has 0 radical (unpaired) electrons. The summed E-state index contributed by atoms with van der Waals surface area (Å²) in [7, 11) is -2.90. The number of benzene rings is 2. The quantitative estimate of drug-likeness (QED) is 0.214. The Morgan fingerprint density at radius 1 is 0.688 bits per heavy atom. The highest BCUT2D eigenvalue weighted by Gasteiger charge is 2.21. The van der Waals surface area contributed by atoms with Crippen molar-refractivity contribution in [2.75, 3.05) is 0 Å². The van der Waals surface area contributed by atoms with Crippen molar-refractivity contribution >= 4 is 38.5 Å². The first-order valence-electron chi connectivity index (χ1n) is 10.9. The van der Waals surface area contributed by atoms with Crippen LogP contribution in [-0.2, 0) is 19.6 Å². The van der Waals surface area contributed by atoms with Crippen LogP contribution in [0, 0.1) is 0 Å². The third kappa shape index (κ3) is 7.70. The summed E-state index contributed by atoms with van der Waals surface area (Å²) >= 11 is 0. The first kappa shape index (κ1) is 26.0. The van der Waals surface area contributed by atoms with Crippen molar-refractivity contribution in [3.05, 3.63) is 59.7 Å². The van der Waals surface area contributed by atoms with E-state index in [1.165, 1.54) is 10.4 Å². The van der Waals surface area contributed by atoms with E-state index in [1.54, 1.807) is 24.3 Å². The topological polar surface area (TPSA) is 71.1 Å². The highest BCUT2D eigenvalue weighted by molar-refractivity contribution is 6.89. The second-order valence-electron chi connectivity index (χ2n) is 9.81. The summed E-state index contributed by atoms with van der Waals surface area (Å²) in [6.45, 7) is 15.3. The van der Waals surface area contributed by atoms with Crippen LogP contribution in [0.25, 0.3) is 0 Å². The van der Waals surface area contributed by atoms with Crippen molar-refractivity contribution in [3.8, 4) is 0 Å². The summed E-state index contributed by atoms with van der Waals surface area (Å²) in [4.78, 5) is 44.6. The van der Waals surface area contributed by atoms with Gasteiger partial charge in [0.25, 0.3) is 0 Å². The number of hydrogen-bond donors (Lipinski definition) is 0. The van der Waals surface area contributed by atoms with Crippen LogP contribution in [0.4, 0.5) is 0 Å². The summed E-state index contributed by atoms with van der Waals surface area (Å²) in [5.74, 6) is -1.27. The molecule has 0 amide bonds. The molecular formula is C24H34O6Si2. The number of carbonyl (C=O) groups is 2. The van der Waals surface area contributed by atoms with Crippen molar-refractivity contribution in [1.29, 1.82) is 0 Å². The Balaban J connectivity index is 1.90. The van der Waals surface area contributed by atoms with Gasteiger partial charge in [0.15, 0.2) is 0 Å². The zero-order valence-corrected chi connectivity index (χ0v) is 22.1. The van der Waals surface area contributed by atoms with Crippen molar-refractivity contribution in [1.82, 2.24) is 0 Å². The lowest BCUT2D eigenvalue weighted by Crippen LogP contribution is -2.37. The third-order valence-corrected chi connectivity index (χ3v) is 9.09. The summed E-state index contributed by atoms with van der Waals surface area (Å²) in [5, 5.41) is 2.49. The molecule has 2 aromatic rings. The van der Waals surface area contributed by atoms with E-state index in [2.05, 4.69) is 39.3 Å². The van der Waals surface area contributed by atoms with Crippen LogP contribution in [0.3, 0.4) is 0 Å². The molecule has 2 aromatic carbocycles. The van der Waals surface area contributed by atoms with Gasteiger partial charge in [-0.3, -0.25) is 9.78 Å². The zero-order valence-electron chi connectivity index (χ0n) is 20.1. The molecule has 0 fully saturated rings. The fourth-order valence-corrected chi connectivity index (χ4v) is 5.18. The van der Waals surface area contributed by atoms with Crippen molar-refractivity contribution in [3.63, 3.8) is 0 Å². The van der Waals surface area contributed by atoms with E-state index in [-0.39, 0.29) is 0 Å². The average Bonchev–Trinajstić information content (AvgIpc) is 2.74. The molecule has 6 nitrogen and oxygen atoms in total. The predicted molar refractivity (Wildman–Crippen MR) is 131 cm³/mol. The van der Waals surface area contributed by atoms with Crippen LogP contribution in [0.2, 0.25) is 39.3 Å². The minimum atomic E-state index is -1.45. The van der Waals surface area contributed by atoms with Gasteiger partial charge in [0.1, 0.15) is 0 Å². The average molecular weight is 475 g/mol. The largest absolute Gasteiger partial charge is 0.373 e. The normalized spacial score (nSPS) is 12.0. The number of rotatable bonds is 10. The molecule has 0 aliphatic rings.